The third-order valence-corrected chi connectivity index (χ3v) is 2.22. The molecule has 1 aromatic carbocycles. The van der Waals surface area contributed by atoms with Crippen LogP contribution in [0.5, 0.6) is 5.75 Å². The van der Waals surface area contributed by atoms with Gasteiger partial charge in [-0.2, -0.15) is 8.78 Å². The molecule has 0 atom stereocenters. The molecule has 3 nitrogen and oxygen atoms in total. The predicted octanol–water partition coefficient (Wildman–Crippen LogP) is -0.499. The first-order valence-electron chi connectivity index (χ1n) is 4.57. The number of halogens is 3. The molecule has 1 heterocycles. The van der Waals surface area contributed by atoms with Gasteiger partial charge in [0.1, 0.15) is 11.6 Å². The van der Waals surface area contributed by atoms with Crippen LogP contribution in [0.1, 0.15) is 15.9 Å². The zero-order valence-corrected chi connectivity index (χ0v) is 15.3. The van der Waals surface area contributed by atoms with Crippen molar-refractivity contribution in [2.24, 2.45) is 0 Å². The normalized spacial score (nSPS) is 13.8. The minimum atomic E-state index is -3.01. The number of ether oxygens (including phenoxy) is 1. The maximum atomic E-state index is 13.4. The van der Waals surface area contributed by atoms with Crippen molar-refractivity contribution in [3.05, 3.63) is 34.4 Å². The molecule has 2 rings (SSSR count). The van der Waals surface area contributed by atoms with Gasteiger partial charge in [0.2, 0.25) is 0 Å². The summed E-state index contributed by atoms with van der Waals surface area (Å²) in [5.41, 5.74) is 0.212. The van der Waals surface area contributed by atoms with Crippen molar-refractivity contribution < 1.29 is 91.6 Å². The van der Waals surface area contributed by atoms with Crippen LogP contribution in [0.15, 0.2) is 12.1 Å². The number of hydrogen-bond donors (Lipinski definition) is 0. The Morgan fingerprint density at radius 3 is 2.71 bits per heavy atom. The van der Waals surface area contributed by atoms with Crippen LogP contribution in [-0.2, 0) is 6.42 Å². The molecular weight excluding hydrogens is 356 g/mol. The van der Waals surface area contributed by atoms with Crippen LogP contribution in [0.2, 0.25) is 0 Å². The number of amides is 1. The second-order valence-electron chi connectivity index (χ2n) is 3.25. The molecule has 86 valence electrons. The first-order chi connectivity index (χ1) is 7.58. The van der Waals surface area contributed by atoms with Crippen molar-refractivity contribution in [1.82, 2.24) is 0 Å². The molecule has 0 radical (unpaired) electrons. The van der Waals surface area contributed by atoms with E-state index in [2.05, 4.69) is 10.1 Å². The Labute approximate surface area is 155 Å². The fraction of sp³-hybridized carbons (Fsp3) is 0.300. The van der Waals surface area contributed by atoms with Gasteiger partial charge in [0.05, 0.1) is 5.91 Å². The van der Waals surface area contributed by atoms with Crippen molar-refractivity contribution in [1.29, 1.82) is 0 Å². The van der Waals surface area contributed by atoms with Gasteiger partial charge in [-0.05, 0) is 18.1 Å². The average molecular weight is 363 g/mol. The Balaban J connectivity index is 0.00000144. The van der Waals surface area contributed by atoms with Gasteiger partial charge < -0.3 is 14.8 Å². The zero-order valence-electron chi connectivity index (χ0n) is 9.04. The van der Waals surface area contributed by atoms with Gasteiger partial charge >= 0.3 is 75.5 Å². The van der Waals surface area contributed by atoms with Gasteiger partial charge in [0.15, 0.2) is 0 Å². The Morgan fingerprint density at radius 2 is 2.06 bits per heavy atom. The maximum Gasteiger partial charge on any atom is 1.00 e. The Hall–Kier alpha value is 0.332. The molecule has 0 saturated carbocycles. The molecule has 0 aliphatic carbocycles. The summed E-state index contributed by atoms with van der Waals surface area (Å²) in [4.78, 5) is 11.2. The molecule has 1 amide bonds. The molecule has 0 N–H and O–H groups in total. The molecule has 1 aliphatic rings. The fourth-order valence-corrected chi connectivity index (χ4v) is 1.60. The van der Waals surface area contributed by atoms with E-state index in [0.29, 0.717) is 12.0 Å². The summed E-state index contributed by atoms with van der Waals surface area (Å²) >= 11 is 0. The van der Waals surface area contributed by atoms with E-state index >= 15 is 0 Å². The van der Waals surface area contributed by atoms with Crippen molar-refractivity contribution in [3.63, 3.8) is 0 Å². The molecule has 0 bridgehead atoms. The van der Waals surface area contributed by atoms with Crippen LogP contribution in [0.3, 0.4) is 0 Å². The van der Waals surface area contributed by atoms with Gasteiger partial charge in [-0.1, -0.05) is 0 Å². The van der Waals surface area contributed by atoms with Gasteiger partial charge in [-0.3, -0.25) is 0 Å². The number of alkyl halides is 2. The van der Waals surface area contributed by atoms with Crippen LogP contribution in [-0.4, -0.2) is 19.1 Å². The third kappa shape index (κ3) is 3.65. The molecule has 0 spiro atoms. The number of hydrogen-bond acceptors (Lipinski definition) is 2. The molecular formula is C10H7CsF3NO2. The monoisotopic (exact) mass is 363 g/mol. The van der Waals surface area contributed by atoms with E-state index in [-0.39, 0.29) is 86.8 Å². The van der Waals surface area contributed by atoms with Crippen molar-refractivity contribution in [3.8, 4) is 5.75 Å². The Kier molecular flexibility index (Phi) is 5.87. The number of nitrogens with zero attached hydrogens (tertiary/aromatic N) is 1. The molecule has 0 unspecified atom stereocenters. The van der Waals surface area contributed by atoms with Crippen LogP contribution < -0.4 is 73.6 Å². The largest absolute Gasteiger partial charge is 1.00 e. The fourth-order valence-electron chi connectivity index (χ4n) is 1.60. The van der Waals surface area contributed by atoms with E-state index in [9.17, 15) is 18.0 Å². The van der Waals surface area contributed by atoms with Crippen LogP contribution >= 0.6 is 0 Å². The average Bonchev–Trinajstić information content (AvgIpc) is 2.15. The van der Waals surface area contributed by atoms with Crippen molar-refractivity contribution >= 4 is 5.91 Å². The first kappa shape index (κ1) is 15.4. The van der Waals surface area contributed by atoms with E-state index in [1.54, 1.807) is 0 Å². The standard InChI is InChI=1S/C10H8F3NO2.Cs/c11-7-4-6(16-10(12)13)3-5-1-2-14-9(15)8(5)7;/h3-4,10H,1-2H2,(H,14,15);/q;+1/p-1. The van der Waals surface area contributed by atoms with E-state index in [1.807, 2.05) is 0 Å². The third-order valence-electron chi connectivity index (χ3n) is 2.22. The van der Waals surface area contributed by atoms with Crippen molar-refractivity contribution in [2.75, 3.05) is 6.54 Å². The number of fused-ring (bicyclic) bond motifs is 1. The molecule has 0 saturated heterocycles. The van der Waals surface area contributed by atoms with Crippen LogP contribution in [0.4, 0.5) is 13.2 Å². The quantitative estimate of drug-likeness (QED) is 0.711. The first-order valence-corrected chi connectivity index (χ1v) is 4.57. The minimum Gasteiger partial charge on any atom is -0.649 e. The van der Waals surface area contributed by atoms with Crippen molar-refractivity contribution in [2.45, 2.75) is 13.0 Å². The van der Waals surface area contributed by atoms with E-state index in [0.717, 1.165) is 6.07 Å². The summed E-state index contributed by atoms with van der Waals surface area (Å²) in [7, 11) is 0. The Bertz CT molecular complexity index is 440. The SMILES string of the molecule is O=C1[N-]CCc2cc(OC(F)F)cc(F)c21.[Cs+]. The smallest absolute Gasteiger partial charge is 0.649 e. The van der Waals surface area contributed by atoms with Crippen LogP contribution in [0, 0.1) is 5.82 Å². The summed E-state index contributed by atoms with van der Waals surface area (Å²) in [6.07, 6.45) is 0.346. The van der Waals surface area contributed by atoms with E-state index in [1.165, 1.54) is 6.07 Å². The topological polar surface area (TPSA) is 40.4 Å². The second-order valence-corrected chi connectivity index (χ2v) is 3.25. The van der Waals surface area contributed by atoms with E-state index in [4.69, 9.17) is 0 Å². The second kappa shape index (κ2) is 6.48. The summed E-state index contributed by atoms with van der Waals surface area (Å²) in [6.45, 7) is -2.77. The number of rotatable bonds is 2. The van der Waals surface area contributed by atoms with Gasteiger partial charge in [-0.25, -0.2) is 4.39 Å². The molecule has 1 aliphatic heterocycles. The Morgan fingerprint density at radius 1 is 1.35 bits per heavy atom. The summed E-state index contributed by atoms with van der Waals surface area (Å²) in [6, 6.07) is 2.01. The maximum absolute atomic E-state index is 13.4. The predicted molar refractivity (Wildman–Crippen MR) is 49.3 cm³/mol. The molecule has 7 heteroatoms. The number of benzene rings is 1. The zero-order chi connectivity index (χ0) is 11.7. The number of carbonyl (C=O) groups is 1. The molecule has 0 aromatic heterocycles. The molecule has 1 aromatic rings. The van der Waals surface area contributed by atoms with Gasteiger partial charge in [0, 0.05) is 11.6 Å². The van der Waals surface area contributed by atoms with Gasteiger partial charge in [-0.15, -0.1) is 6.54 Å². The summed E-state index contributed by atoms with van der Waals surface area (Å²) < 4.78 is 41.4. The number of carbonyl (C=O) groups excluding carboxylic acids is 1. The molecule has 17 heavy (non-hydrogen) atoms. The van der Waals surface area contributed by atoms with E-state index < -0.39 is 18.3 Å². The van der Waals surface area contributed by atoms with Gasteiger partial charge in [0.25, 0.3) is 0 Å². The minimum absolute atomic E-state index is 0. The molecule has 0 fully saturated rings. The summed E-state index contributed by atoms with van der Waals surface area (Å²) in [5, 5.41) is 3.55. The summed E-state index contributed by atoms with van der Waals surface area (Å²) in [5.74, 6) is -1.80. The van der Waals surface area contributed by atoms with Crippen LogP contribution in [0.25, 0.3) is 5.32 Å².